The molecule has 0 aromatic heterocycles. The summed E-state index contributed by atoms with van der Waals surface area (Å²) in [5, 5.41) is 12.4. The van der Waals surface area contributed by atoms with Gasteiger partial charge in [0.1, 0.15) is 0 Å². The highest BCUT2D eigenvalue weighted by Gasteiger charge is 2.27. The molecule has 0 saturated carbocycles. The van der Waals surface area contributed by atoms with Crippen LogP contribution in [0.4, 0.5) is 10.5 Å². The number of benzene rings is 1. The van der Waals surface area contributed by atoms with Gasteiger partial charge in [-0.1, -0.05) is 32.9 Å². The summed E-state index contributed by atoms with van der Waals surface area (Å²) in [5.74, 6) is 0. The standard InChI is InChI=1S/C16H26N2O2/c1-11(19)13-8-7-9-14(10-13)17-15(20)18(6)12(2)16(3,4)5/h7-12,19H,1-6H3,(H,17,20). The molecule has 2 amide bonds. The molecule has 2 unspecified atom stereocenters. The topological polar surface area (TPSA) is 52.6 Å². The Kier molecular flexibility index (Phi) is 5.17. The number of rotatable bonds is 3. The van der Waals surface area contributed by atoms with Crippen LogP contribution in [0.15, 0.2) is 24.3 Å². The van der Waals surface area contributed by atoms with Crippen molar-refractivity contribution in [1.82, 2.24) is 4.90 Å². The van der Waals surface area contributed by atoms with E-state index in [4.69, 9.17) is 0 Å². The number of aliphatic hydroxyl groups excluding tert-OH is 1. The third-order valence-corrected chi connectivity index (χ3v) is 3.77. The fraction of sp³-hybridized carbons (Fsp3) is 0.562. The molecule has 2 atom stereocenters. The second kappa shape index (κ2) is 6.27. The van der Waals surface area contributed by atoms with Gasteiger partial charge in [0.2, 0.25) is 0 Å². The summed E-state index contributed by atoms with van der Waals surface area (Å²) in [6.45, 7) is 10.1. The quantitative estimate of drug-likeness (QED) is 0.887. The Morgan fingerprint density at radius 3 is 2.40 bits per heavy atom. The number of amides is 2. The van der Waals surface area contributed by atoms with Gasteiger partial charge in [0.15, 0.2) is 0 Å². The molecule has 1 rings (SSSR count). The van der Waals surface area contributed by atoms with E-state index < -0.39 is 6.10 Å². The number of urea groups is 1. The molecular formula is C16H26N2O2. The maximum absolute atomic E-state index is 12.2. The SMILES string of the molecule is CC(O)c1cccc(NC(=O)N(C)C(C)C(C)(C)C)c1. The van der Waals surface area contributed by atoms with E-state index in [1.54, 1.807) is 24.9 Å². The molecule has 0 bridgehead atoms. The highest BCUT2D eigenvalue weighted by Crippen LogP contribution is 2.24. The van der Waals surface area contributed by atoms with Crippen molar-refractivity contribution in [1.29, 1.82) is 0 Å². The number of hydrogen-bond acceptors (Lipinski definition) is 2. The van der Waals surface area contributed by atoms with Crippen molar-refractivity contribution in [2.45, 2.75) is 46.8 Å². The molecule has 4 heteroatoms. The van der Waals surface area contributed by atoms with Crippen LogP contribution in [0, 0.1) is 5.41 Å². The lowest BCUT2D eigenvalue weighted by Gasteiger charge is -2.35. The Bertz CT molecular complexity index is 464. The fourth-order valence-electron chi connectivity index (χ4n) is 1.84. The lowest BCUT2D eigenvalue weighted by Crippen LogP contribution is -2.44. The van der Waals surface area contributed by atoms with E-state index in [-0.39, 0.29) is 17.5 Å². The van der Waals surface area contributed by atoms with Gasteiger partial charge in [0.05, 0.1) is 6.10 Å². The number of nitrogens with zero attached hydrogens (tertiary/aromatic N) is 1. The van der Waals surface area contributed by atoms with Crippen LogP contribution in [0.2, 0.25) is 0 Å². The Balaban J connectivity index is 2.78. The molecule has 0 spiro atoms. The zero-order valence-corrected chi connectivity index (χ0v) is 13.3. The average Bonchev–Trinajstić information content (AvgIpc) is 2.36. The first-order valence-corrected chi connectivity index (χ1v) is 6.94. The monoisotopic (exact) mass is 278 g/mol. The maximum Gasteiger partial charge on any atom is 0.321 e. The third kappa shape index (κ3) is 4.23. The first-order chi connectivity index (χ1) is 9.12. The zero-order chi connectivity index (χ0) is 15.5. The van der Waals surface area contributed by atoms with Gasteiger partial charge in [-0.2, -0.15) is 0 Å². The molecule has 0 heterocycles. The van der Waals surface area contributed by atoms with Crippen LogP contribution < -0.4 is 5.32 Å². The Labute approximate surface area is 121 Å². The number of nitrogens with one attached hydrogen (secondary N) is 1. The normalized spacial score (nSPS) is 14.6. The Morgan fingerprint density at radius 1 is 1.30 bits per heavy atom. The van der Waals surface area contributed by atoms with E-state index in [1.165, 1.54) is 0 Å². The highest BCUT2D eigenvalue weighted by atomic mass is 16.3. The van der Waals surface area contributed by atoms with Crippen LogP contribution in [-0.2, 0) is 0 Å². The Hall–Kier alpha value is -1.55. The van der Waals surface area contributed by atoms with Gasteiger partial charge in [-0.15, -0.1) is 0 Å². The minimum absolute atomic E-state index is 0.0214. The molecule has 112 valence electrons. The van der Waals surface area contributed by atoms with Gasteiger partial charge in [-0.05, 0) is 37.0 Å². The van der Waals surface area contributed by atoms with Gasteiger partial charge in [0.25, 0.3) is 0 Å². The zero-order valence-electron chi connectivity index (χ0n) is 13.3. The smallest absolute Gasteiger partial charge is 0.321 e. The molecule has 0 fully saturated rings. The number of hydrogen-bond donors (Lipinski definition) is 2. The van der Waals surface area contributed by atoms with Crippen molar-refractivity contribution in [3.05, 3.63) is 29.8 Å². The Morgan fingerprint density at radius 2 is 1.90 bits per heavy atom. The number of carbonyl (C=O) groups excluding carboxylic acids is 1. The molecule has 1 aromatic carbocycles. The van der Waals surface area contributed by atoms with Crippen LogP contribution in [0.1, 0.15) is 46.3 Å². The molecule has 0 aliphatic heterocycles. The van der Waals surface area contributed by atoms with Gasteiger partial charge in [0, 0.05) is 18.8 Å². The molecule has 4 nitrogen and oxygen atoms in total. The maximum atomic E-state index is 12.2. The molecular weight excluding hydrogens is 252 g/mol. The van der Waals surface area contributed by atoms with E-state index in [9.17, 15) is 9.90 Å². The first-order valence-electron chi connectivity index (χ1n) is 6.94. The molecule has 0 radical (unpaired) electrons. The van der Waals surface area contributed by atoms with Gasteiger partial charge in [-0.3, -0.25) is 0 Å². The third-order valence-electron chi connectivity index (χ3n) is 3.77. The number of anilines is 1. The van der Waals surface area contributed by atoms with E-state index in [0.717, 1.165) is 5.56 Å². The molecule has 0 aliphatic carbocycles. The molecule has 20 heavy (non-hydrogen) atoms. The minimum Gasteiger partial charge on any atom is -0.389 e. The molecule has 0 aliphatic rings. The van der Waals surface area contributed by atoms with Crippen molar-refractivity contribution < 1.29 is 9.90 Å². The van der Waals surface area contributed by atoms with Crippen molar-refractivity contribution in [3.63, 3.8) is 0 Å². The predicted octanol–water partition coefficient (Wildman–Crippen LogP) is 3.64. The summed E-state index contributed by atoms with van der Waals surface area (Å²) >= 11 is 0. The van der Waals surface area contributed by atoms with Gasteiger partial charge in [-0.25, -0.2) is 4.79 Å². The lowest BCUT2D eigenvalue weighted by molar-refractivity contribution is 0.156. The molecule has 1 aromatic rings. The second-order valence-corrected chi connectivity index (χ2v) is 6.38. The minimum atomic E-state index is -0.543. The largest absolute Gasteiger partial charge is 0.389 e. The van der Waals surface area contributed by atoms with Crippen molar-refractivity contribution >= 4 is 11.7 Å². The summed E-state index contributed by atoms with van der Waals surface area (Å²) in [4.78, 5) is 13.9. The van der Waals surface area contributed by atoms with E-state index >= 15 is 0 Å². The summed E-state index contributed by atoms with van der Waals surface area (Å²) in [5.41, 5.74) is 1.50. The molecule has 0 saturated heterocycles. The first kappa shape index (κ1) is 16.5. The van der Waals surface area contributed by atoms with Crippen LogP contribution in [0.5, 0.6) is 0 Å². The van der Waals surface area contributed by atoms with Crippen LogP contribution >= 0.6 is 0 Å². The predicted molar refractivity (Wildman–Crippen MR) is 82.8 cm³/mol. The number of aliphatic hydroxyl groups is 1. The van der Waals surface area contributed by atoms with E-state index in [2.05, 4.69) is 26.1 Å². The van der Waals surface area contributed by atoms with Crippen molar-refractivity contribution in [3.8, 4) is 0 Å². The second-order valence-electron chi connectivity index (χ2n) is 6.38. The summed E-state index contributed by atoms with van der Waals surface area (Å²) in [6, 6.07) is 7.24. The fourth-order valence-corrected chi connectivity index (χ4v) is 1.84. The summed E-state index contributed by atoms with van der Waals surface area (Å²) < 4.78 is 0. The number of carbonyl (C=O) groups is 1. The van der Waals surface area contributed by atoms with Crippen LogP contribution in [0.25, 0.3) is 0 Å². The van der Waals surface area contributed by atoms with Crippen LogP contribution in [0.3, 0.4) is 0 Å². The average molecular weight is 278 g/mol. The summed E-state index contributed by atoms with van der Waals surface area (Å²) in [6.07, 6.45) is -0.543. The van der Waals surface area contributed by atoms with Gasteiger partial charge >= 0.3 is 6.03 Å². The summed E-state index contributed by atoms with van der Waals surface area (Å²) in [7, 11) is 1.80. The molecule has 2 N–H and O–H groups in total. The van der Waals surface area contributed by atoms with E-state index in [1.807, 2.05) is 25.1 Å². The van der Waals surface area contributed by atoms with Gasteiger partial charge < -0.3 is 15.3 Å². The lowest BCUT2D eigenvalue weighted by atomic mass is 9.87. The highest BCUT2D eigenvalue weighted by molar-refractivity contribution is 5.89. The van der Waals surface area contributed by atoms with Crippen molar-refractivity contribution in [2.24, 2.45) is 5.41 Å². The van der Waals surface area contributed by atoms with E-state index in [0.29, 0.717) is 5.69 Å². The van der Waals surface area contributed by atoms with Crippen LogP contribution in [-0.4, -0.2) is 29.1 Å². The van der Waals surface area contributed by atoms with Crippen molar-refractivity contribution in [2.75, 3.05) is 12.4 Å².